The number of hydrogen-bond donors (Lipinski definition) is 1. The Kier molecular flexibility index (Phi) is 10.5. The molecule has 2 amide bonds. The molecular weight excluding hydrogens is 667 g/mol. The SMILES string of the molecule is CCN(C(=O)C1CCC(CC(=O)O)CC1)c1ccc(OC(F)(F)F)cc1CN1C(=O)O[C@H](c2cc(C(F)(F)F)cc(C(F)(F)F)c2)[C@@H]1C. The van der Waals surface area contributed by atoms with Crippen LogP contribution in [0.25, 0.3) is 0 Å². The van der Waals surface area contributed by atoms with Crippen LogP contribution in [0.5, 0.6) is 5.75 Å². The molecule has 2 aromatic carbocycles. The molecule has 0 radical (unpaired) electrons. The van der Waals surface area contributed by atoms with Crippen molar-refractivity contribution in [1.29, 1.82) is 0 Å². The summed E-state index contributed by atoms with van der Waals surface area (Å²) in [6.45, 7) is 2.37. The van der Waals surface area contributed by atoms with Gasteiger partial charge in [0, 0.05) is 24.6 Å². The van der Waals surface area contributed by atoms with Crippen LogP contribution < -0.4 is 9.64 Å². The first-order valence-corrected chi connectivity index (χ1v) is 14.9. The fourth-order valence-corrected chi connectivity index (χ4v) is 6.16. The average Bonchev–Trinajstić information content (AvgIpc) is 3.25. The molecule has 8 nitrogen and oxygen atoms in total. The molecule has 1 heterocycles. The molecule has 2 aliphatic rings. The van der Waals surface area contributed by atoms with Gasteiger partial charge in [-0.3, -0.25) is 14.5 Å². The molecule has 48 heavy (non-hydrogen) atoms. The quantitative estimate of drug-likeness (QED) is 0.265. The number of cyclic esters (lactones) is 1. The predicted octanol–water partition coefficient (Wildman–Crippen LogP) is 8.34. The van der Waals surface area contributed by atoms with Gasteiger partial charge < -0.3 is 19.5 Å². The molecule has 2 atom stereocenters. The number of nitrogens with zero attached hydrogens (tertiary/aromatic N) is 2. The van der Waals surface area contributed by atoms with Crippen LogP contribution in [0.4, 0.5) is 50.0 Å². The number of anilines is 1. The van der Waals surface area contributed by atoms with E-state index < -0.39 is 83.7 Å². The number of carbonyl (C=O) groups is 3. The Morgan fingerprint density at radius 2 is 1.52 bits per heavy atom. The third-order valence-corrected chi connectivity index (χ3v) is 8.49. The van der Waals surface area contributed by atoms with E-state index in [1.54, 1.807) is 6.92 Å². The van der Waals surface area contributed by atoms with E-state index in [1.165, 1.54) is 17.9 Å². The van der Waals surface area contributed by atoms with Gasteiger partial charge in [0.05, 0.1) is 23.7 Å². The van der Waals surface area contributed by atoms with Crippen molar-refractivity contribution in [3.63, 3.8) is 0 Å². The molecule has 0 spiro atoms. The molecule has 2 aromatic rings. The normalized spacial score (nSPS) is 22.0. The third-order valence-electron chi connectivity index (χ3n) is 8.49. The summed E-state index contributed by atoms with van der Waals surface area (Å²) in [4.78, 5) is 40.0. The zero-order chi connectivity index (χ0) is 35.8. The van der Waals surface area contributed by atoms with Gasteiger partial charge >= 0.3 is 30.8 Å². The van der Waals surface area contributed by atoms with Crippen LogP contribution in [0.2, 0.25) is 0 Å². The lowest BCUT2D eigenvalue weighted by Crippen LogP contribution is -2.39. The van der Waals surface area contributed by atoms with Gasteiger partial charge in [0.15, 0.2) is 0 Å². The molecule has 2 fully saturated rings. The number of amides is 2. The number of benzene rings is 2. The molecule has 0 aromatic heterocycles. The van der Waals surface area contributed by atoms with Crippen molar-refractivity contribution in [3.8, 4) is 5.75 Å². The second kappa shape index (κ2) is 13.7. The highest BCUT2D eigenvalue weighted by Crippen LogP contribution is 2.42. The van der Waals surface area contributed by atoms with E-state index in [9.17, 15) is 53.9 Å². The number of alkyl halides is 9. The van der Waals surface area contributed by atoms with Gasteiger partial charge in [0.25, 0.3) is 0 Å². The van der Waals surface area contributed by atoms with Crippen LogP contribution in [-0.4, -0.2) is 46.9 Å². The van der Waals surface area contributed by atoms with E-state index in [4.69, 9.17) is 9.84 Å². The van der Waals surface area contributed by atoms with E-state index in [2.05, 4.69) is 4.74 Å². The average molecular weight is 699 g/mol. The molecule has 1 aliphatic heterocycles. The zero-order valence-electron chi connectivity index (χ0n) is 25.5. The van der Waals surface area contributed by atoms with Crippen molar-refractivity contribution in [3.05, 3.63) is 58.7 Å². The Bertz CT molecular complexity index is 1490. The molecule has 0 bridgehead atoms. The second-order valence-electron chi connectivity index (χ2n) is 11.7. The van der Waals surface area contributed by atoms with E-state index in [-0.39, 0.29) is 36.2 Å². The first-order chi connectivity index (χ1) is 22.2. The lowest BCUT2D eigenvalue weighted by Gasteiger charge is -2.33. The molecular formula is C31H31F9N2O6. The summed E-state index contributed by atoms with van der Waals surface area (Å²) in [7, 11) is 0. The number of halogens is 9. The van der Waals surface area contributed by atoms with E-state index >= 15 is 0 Å². The molecule has 1 N–H and O–H groups in total. The van der Waals surface area contributed by atoms with Crippen LogP contribution in [-0.2, 0) is 33.2 Å². The molecule has 264 valence electrons. The smallest absolute Gasteiger partial charge is 0.481 e. The number of carbonyl (C=O) groups excluding carboxylic acids is 2. The number of carboxylic acid groups (broad SMARTS) is 1. The second-order valence-corrected chi connectivity index (χ2v) is 11.7. The maximum absolute atomic E-state index is 13.7. The van der Waals surface area contributed by atoms with Crippen LogP contribution in [0.15, 0.2) is 36.4 Å². The lowest BCUT2D eigenvalue weighted by molar-refractivity contribution is -0.274. The minimum Gasteiger partial charge on any atom is -0.481 e. The Balaban J connectivity index is 1.67. The van der Waals surface area contributed by atoms with Gasteiger partial charge in [0.1, 0.15) is 11.9 Å². The number of aliphatic carboxylic acids is 1. The molecule has 4 rings (SSSR count). The summed E-state index contributed by atoms with van der Waals surface area (Å²) in [5, 5.41) is 9.08. The van der Waals surface area contributed by atoms with E-state index in [1.807, 2.05) is 0 Å². The third kappa shape index (κ3) is 8.64. The highest BCUT2D eigenvalue weighted by Gasteiger charge is 2.44. The zero-order valence-corrected chi connectivity index (χ0v) is 25.5. The monoisotopic (exact) mass is 698 g/mol. The highest BCUT2D eigenvalue weighted by atomic mass is 19.4. The maximum atomic E-state index is 13.7. The molecule has 17 heteroatoms. The minimum atomic E-state index is -5.17. The number of rotatable bonds is 9. The summed E-state index contributed by atoms with van der Waals surface area (Å²) < 4.78 is 130. The summed E-state index contributed by atoms with van der Waals surface area (Å²) in [6.07, 6.45) is -16.6. The largest absolute Gasteiger partial charge is 0.573 e. The number of ether oxygens (including phenoxy) is 2. The van der Waals surface area contributed by atoms with Crippen LogP contribution in [0.3, 0.4) is 0 Å². The van der Waals surface area contributed by atoms with Crippen molar-refractivity contribution in [2.75, 3.05) is 11.4 Å². The van der Waals surface area contributed by atoms with Gasteiger partial charge in [-0.2, -0.15) is 26.3 Å². The molecule has 1 saturated heterocycles. The Hall–Kier alpha value is -4.18. The number of carboxylic acids is 1. The van der Waals surface area contributed by atoms with Gasteiger partial charge in [-0.05, 0) is 93.0 Å². The fourth-order valence-electron chi connectivity index (χ4n) is 6.16. The van der Waals surface area contributed by atoms with Gasteiger partial charge in [-0.1, -0.05) is 0 Å². The standard InChI is InChI=1S/C31H31F9N2O6/c1-3-41(27(45)18-6-4-17(5-7-18)10-25(43)44)24-9-8-23(48-31(38,39)40)13-20(24)15-42-16(2)26(47-28(42)46)19-11-21(29(32,33)34)14-22(12-19)30(35,36)37/h8-9,11-14,16-18,26H,3-7,10,15H2,1-2H3,(H,43,44)/t16-,17?,18?,26-/m0/s1. The van der Waals surface area contributed by atoms with E-state index in [0.29, 0.717) is 37.8 Å². The summed E-state index contributed by atoms with van der Waals surface area (Å²) in [5.74, 6) is -2.70. The van der Waals surface area contributed by atoms with Crippen molar-refractivity contribution < 1.29 is 68.5 Å². The lowest BCUT2D eigenvalue weighted by atomic mass is 9.80. The van der Waals surface area contributed by atoms with Crippen molar-refractivity contribution in [2.24, 2.45) is 11.8 Å². The Labute approximate surface area is 268 Å². The Morgan fingerprint density at radius 3 is 2.02 bits per heavy atom. The summed E-state index contributed by atoms with van der Waals surface area (Å²) >= 11 is 0. The van der Waals surface area contributed by atoms with Crippen LogP contribution in [0, 0.1) is 11.8 Å². The first kappa shape index (κ1) is 36.7. The van der Waals surface area contributed by atoms with Crippen molar-refractivity contribution in [2.45, 2.75) is 83.4 Å². The van der Waals surface area contributed by atoms with E-state index in [0.717, 1.165) is 17.0 Å². The van der Waals surface area contributed by atoms with Crippen molar-refractivity contribution >= 4 is 23.7 Å². The van der Waals surface area contributed by atoms with Crippen LogP contribution >= 0.6 is 0 Å². The van der Waals surface area contributed by atoms with Crippen LogP contribution in [0.1, 0.15) is 74.3 Å². The van der Waals surface area contributed by atoms with Gasteiger partial charge in [-0.15, -0.1) is 13.2 Å². The molecule has 0 unspecified atom stereocenters. The number of hydrogen-bond acceptors (Lipinski definition) is 5. The van der Waals surface area contributed by atoms with Gasteiger partial charge in [0.2, 0.25) is 5.91 Å². The topological polar surface area (TPSA) is 96.4 Å². The first-order valence-electron chi connectivity index (χ1n) is 14.9. The molecule has 1 saturated carbocycles. The summed E-state index contributed by atoms with van der Waals surface area (Å²) in [5.41, 5.74) is -3.80. The fraction of sp³-hybridized carbons (Fsp3) is 0.516. The van der Waals surface area contributed by atoms with Gasteiger partial charge in [-0.25, -0.2) is 4.79 Å². The maximum Gasteiger partial charge on any atom is 0.573 e. The predicted molar refractivity (Wildman–Crippen MR) is 150 cm³/mol. The molecule has 1 aliphatic carbocycles. The summed E-state index contributed by atoms with van der Waals surface area (Å²) in [6, 6.07) is 2.65. The Morgan fingerprint density at radius 1 is 0.938 bits per heavy atom. The minimum absolute atomic E-state index is 0.0352. The van der Waals surface area contributed by atoms with Crippen molar-refractivity contribution in [1.82, 2.24) is 4.90 Å². The highest BCUT2D eigenvalue weighted by molar-refractivity contribution is 5.96.